The first kappa shape index (κ1) is 9.76. The van der Waals surface area contributed by atoms with E-state index in [0.717, 1.165) is 5.75 Å². The van der Waals surface area contributed by atoms with Gasteiger partial charge in [0.15, 0.2) is 5.78 Å². The summed E-state index contributed by atoms with van der Waals surface area (Å²) in [6.45, 7) is 5.88. The maximum Gasteiger partial charge on any atom is 0.158 e. The van der Waals surface area contributed by atoms with Gasteiger partial charge < -0.3 is 0 Å². The molecule has 0 rings (SSSR count). The molecule has 0 amide bonds. The van der Waals surface area contributed by atoms with Gasteiger partial charge in [-0.25, -0.2) is 0 Å². The van der Waals surface area contributed by atoms with Crippen molar-refractivity contribution in [2.45, 2.75) is 20.8 Å². The van der Waals surface area contributed by atoms with Gasteiger partial charge in [-0.3, -0.25) is 4.79 Å². The molecule has 0 aromatic rings. The largest absolute Gasteiger partial charge is 0.295 e. The van der Waals surface area contributed by atoms with Crippen LogP contribution in [0.5, 0.6) is 0 Å². The normalized spacial score (nSPS) is 11.2. The Morgan fingerprint density at radius 3 is 2.60 bits per heavy atom. The quantitative estimate of drug-likeness (QED) is 0.585. The summed E-state index contributed by atoms with van der Waals surface area (Å²) in [4.78, 5) is 10.9. The van der Waals surface area contributed by atoms with Crippen molar-refractivity contribution in [1.82, 2.24) is 0 Å². The molecule has 10 heavy (non-hydrogen) atoms. The standard InChI is InChI=1S/C8H14OS/c1-4-10-6-5-8(9)7(2)3/h5-7H,4H2,1-3H3/b6-5+. The zero-order valence-electron chi connectivity index (χ0n) is 6.76. The lowest BCUT2D eigenvalue weighted by atomic mass is 10.1. The Morgan fingerprint density at radius 1 is 1.60 bits per heavy atom. The summed E-state index contributed by atoms with van der Waals surface area (Å²) in [7, 11) is 0. The molecule has 0 aromatic heterocycles. The molecule has 0 aromatic carbocycles. The molecular weight excluding hydrogens is 144 g/mol. The van der Waals surface area contributed by atoms with Gasteiger partial charge in [0.05, 0.1) is 0 Å². The van der Waals surface area contributed by atoms with Crippen LogP contribution in [-0.2, 0) is 4.79 Å². The lowest BCUT2D eigenvalue weighted by Crippen LogP contribution is -2.01. The maximum absolute atomic E-state index is 10.9. The molecule has 0 radical (unpaired) electrons. The van der Waals surface area contributed by atoms with Gasteiger partial charge in [-0.1, -0.05) is 20.8 Å². The molecule has 0 N–H and O–H groups in total. The SMILES string of the molecule is CCS/C=C/C(=O)C(C)C. The molecule has 58 valence electrons. The lowest BCUT2D eigenvalue weighted by molar-refractivity contribution is -0.117. The van der Waals surface area contributed by atoms with Crippen LogP contribution in [0.4, 0.5) is 0 Å². The van der Waals surface area contributed by atoms with Crippen LogP contribution in [0.3, 0.4) is 0 Å². The zero-order valence-corrected chi connectivity index (χ0v) is 7.57. The number of rotatable bonds is 4. The molecule has 1 nitrogen and oxygen atoms in total. The van der Waals surface area contributed by atoms with Gasteiger partial charge in [0, 0.05) is 5.92 Å². The molecule has 0 aliphatic carbocycles. The highest BCUT2D eigenvalue weighted by atomic mass is 32.2. The van der Waals surface area contributed by atoms with Crippen LogP contribution < -0.4 is 0 Å². The highest BCUT2D eigenvalue weighted by molar-refractivity contribution is 8.02. The van der Waals surface area contributed by atoms with Crippen LogP contribution in [0.1, 0.15) is 20.8 Å². The van der Waals surface area contributed by atoms with E-state index in [4.69, 9.17) is 0 Å². The number of carbonyl (C=O) groups excluding carboxylic acids is 1. The molecular formula is C8H14OS. The summed E-state index contributed by atoms with van der Waals surface area (Å²) < 4.78 is 0. The van der Waals surface area contributed by atoms with Crippen molar-refractivity contribution in [1.29, 1.82) is 0 Å². The van der Waals surface area contributed by atoms with Crippen molar-refractivity contribution in [3.8, 4) is 0 Å². The molecule has 2 heteroatoms. The number of hydrogen-bond acceptors (Lipinski definition) is 2. The first-order chi connectivity index (χ1) is 4.68. The lowest BCUT2D eigenvalue weighted by Gasteiger charge is -1.94. The predicted octanol–water partition coefficient (Wildman–Crippen LogP) is 2.48. The van der Waals surface area contributed by atoms with Crippen LogP contribution in [0, 0.1) is 5.92 Å². The Bertz CT molecular complexity index is 127. The van der Waals surface area contributed by atoms with Gasteiger partial charge >= 0.3 is 0 Å². The molecule has 0 atom stereocenters. The molecule has 0 saturated heterocycles. The topological polar surface area (TPSA) is 17.1 Å². The van der Waals surface area contributed by atoms with Gasteiger partial charge in [0.2, 0.25) is 0 Å². The third-order valence-corrected chi connectivity index (χ3v) is 1.73. The molecule has 0 aliphatic rings. The highest BCUT2D eigenvalue weighted by Gasteiger charge is 2.00. The fraction of sp³-hybridized carbons (Fsp3) is 0.625. The Morgan fingerprint density at radius 2 is 2.20 bits per heavy atom. The van der Waals surface area contributed by atoms with Crippen LogP contribution >= 0.6 is 11.8 Å². The smallest absolute Gasteiger partial charge is 0.158 e. The van der Waals surface area contributed by atoms with Crippen molar-refractivity contribution in [2.75, 3.05) is 5.75 Å². The van der Waals surface area contributed by atoms with Crippen LogP contribution in [0.25, 0.3) is 0 Å². The van der Waals surface area contributed by atoms with Gasteiger partial charge in [-0.05, 0) is 17.2 Å². The fourth-order valence-corrected chi connectivity index (χ4v) is 0.827. The Labute approximate surface area is 66.9 Å². The minimum atomic E-state index is 0.133. The summed E-state index contributed by atoms with van der Waals surface area (Å²) >= 11 is 1.65. The number of ketones is 1. The first-order valence-electron chi connectivity index (χ1n) is 3.50. The summed E-state index contributed by atoms with van der Waals surface area (Å²) in [6.07, 6.45) is 1.65. The average Bonchev–Trinajstić information content (AvgIpc) is 1.88. The summed E-state index contributed by atoms with van der Waals surface area (Å²) in [5, 5.41) is 1.86. The van der Waals surface area contributed by atoms with Gasteiger partial charge in [0.25, 0.3) is 0 Å². The van der Waals surface area contributed by atoms with E-state index in [-0.39, 0.29) is 11.7 Å². The summed E-state index contributed by atoms with van der Waals surface area (Å²) in [5.74, 6) is 1.37. The molecule has 0 heterocycles. The Kier molecular flexibility index (Phi) is 5.40. The monoisotopic (exact) mass is 158 g/mol. The van der Waals surface area contributed by atoms with Crippen LogP contribution in [0.2, 0.25) is 0 Å². The van der Waals surface area contributed by atoms with E-state index in [9.17, 15) is 4.79 Å². The van der Waals surface area contributed by atoms with Crippen molar-refractivity contribution in [3.63, 3.8) is 0 Å². The average molecular weight is 158 g/mol. The van der Waals surface area contributed by atoms with E-state index in [1.54, 1.807) is 17.8 Å². The maximum atomic E-state index is 10.9. The minimum absolute atomic E-state index is 0.133. The van der Waals surface area contributed by atoms with E-state index in [1.807, 2.05) is 19.3 Å². The molecule has 0 unspecified atom stereocenters. The number of thioether (sulfide) groups is 1. The predicted molar refractivity (Wildman–Crippen MR) is 47.1 cm³/mol. The second-order valence-corrected chi connectivity index (χ2v) is 3.50. The Hall–Kier alpha value is -0.240. The molecule has 0 aliphatic heterocycles. The third-order valence-electron chi connectivity index (χ3n) is 1.06. The number of carbonyl (C=O) groups is 1. The summed E-state index contributed by atoms with van der Waals surface area (Å²) in [5.41, 5.74) is 0. The van der Waals surface area contributed by atoms with Gasteiger partial charge in [-0.15, -0.1) is 11.8 Å². The molecule has 0 bridgehead atoms. The van der Waals surface area contributed by atoms with Crippen molar-refractivity contribution >= 4 is 17.5 Å². The van der Waals surface area contributed by atoms with Crippen LogP contribution in [-0.4, -0.2) is 11.5 Å². The molecule has 0 fully saturated rings. The third kappa shape index (κ3) is 4.62. The van der Waals surface area contributed by atoms with Gasteiger partial charge in [-0.2, -0.15) is 0 Å². The van der Waals surface area contributed by atoms with E-state index >= 15 is 0 Å². The number of allylic oxidation sites excluding steroid dienone is 1. The van der Waals surface area contributed by atoms with E-state index in [0.29, 0.717) is 0 Å². The molecule has 0 saturated carbocycles. The molecule has 0 spiro atoms. The second-order valence-electron chi connectivity index (χ2n) is 2.32. The minimum Gasteiger partial charge on any atom is -0.295 e. The first-order valence-corrected chi connectivity index (χ1v) is 4.55. The second kappa shape index (κ2) is 5.54. The van der Waals surface area contributed by atoms with E-state index < -0.39 is 0 Å². The van der Waals surface area contributed by atoms with Gasteiger partial charge in [0.1, 0.15) is 0 Å². The van der Waals surface area contributed by atoms with E-state index in [1.165, 1.54) is 0 Å². The zero-order chi connectivity index (χ0) is 7.98. The van der Waals surface area contributed by atoms with Crippen molar-refractivity contribution in [3.05, 3.63) is 11.5 Å². The van der Waals surface area contributed by atoms with E-state index in [2.05, 4.69) is 6.92 Å². The number of hydrogen-bond donors (Lipinski definition) is 0. The Balaban J connectivity index is 3.56. The van der Waals surface area contributed by atoms with Crippen molar-refractivity contribution in [2.24, 2.45) is 5.92 Å². The highest BCUT2D eigenvalue weighted by Crippen LogP contribution is 2.02. The van der Waals surface area contributed by atoms with Crippen molar-refractivity contribution < 1.29 is 4.79 Å². The van der Waals surface area contributed by atoms with Crippen LogP contribution in [0.15, 0.2) is 11.5 Å². The summed E-state index contributed by atoms with van der Waals surface area (Å²) in [6, 6.07) is 0. The fourth-order valence-electron chi connectivity index (χ4n) is 0.404.